The number of rotatable bonds is 3. The van der Waals surface area contributed by atoms with Crippen molar-refractivity contribution >= 4 is 12.1 Å². The average molecular weight is 267 g/mol. The van der Waals surface area contributed by atoms with Crippen LogP contribution in [0.3, 0.4) is 0 Å². The van der Waals surface area contributed by atoms with Gasteiger partial charge in [0, 0.05) is 24.2 Å². The molecule has 1 aliphatic rings. The molecule has 0 saturated carbocycles. The summed E-state index contributed by atoms with van der Waals surface area (Å²) >= 11 is 0. The normalized spacial score (nSPS) is 13.9. The number of carbonyl (C=O) groups excluding carboxylic acids is 2. The van der Waals surface area contributed by atoms with Crippen LogP contribution < -0.4 is 0 Å². The van der Waals surface area contributed by atoms with E-state index in [2.05, 4.69) is 10.2 Å². The van der Waals surface area contributed by atoms with E-state index >= 15 is 0 Å². The van der Waals surface area contributed by atoms with E-state index in [0.717, 1.165) is 11.3 Å². The van der Waals surface area contributed by atoms with Crippen LogP contribution in [0.25, 0.3) is 0 Å². The third kappa shape index (κ3) is 2.69. The number of esters is 1. The molecule has 1 aromatic rings. The predicted octanol–water partition coefficient (Wildman–Crippen LogP) is 1.10. The summed E-state index contributed by atoms with van der Waals surface area (Å²) in [4.78, 5) is 25.0. The molecule has 0 radical (unpaired) electrons. The Hall–Kier alpha value is -2.05. The van der Waals surface area contributed by atoms with Crippen LogP contribution in [0.1, 0.15) is 35.6 Å². The summed E-state index contributed by atoms with van der Waals surface area (Å²) in [5, 5.41) is 6.81. The Balaban J connectivity index is 2.16. The molecular formula is C12H17N3O4. The van der Waals surface area contributed by atoms with E-state index in [0.29, 0.717) is 32.7 Å². The Morgan fingerprint density at radius 2 is 2.05 bits per heavy atom. The molecule has 1 amide bonds. The van der Waals surface area contributed by atoms with Crippen LogP contribution in [0.2, 0.25) is 0 Å². The fraction of sp³-hybridized carbons (Fsp3) is 0.583. The maximum absolute atomic E-state index is 11.7. The molecule has 0 bridgehead atoms. The Kier molecular flexibility index (Phi) is 4.03. The van der Waals surface area contributed by atoms with Crippen LogP contribution >= 0.6 is 0 Å². The third-order valence-electron chi connectivity index (χ3n) is 2.93. The lowest BCUT2D eigenvalue weighted by Gasteiger charge is -2.25. The van der Waals surface area contributed by atoms with Gasteiger partial charge in [0.25, 0.3) is 0 Å². The molecule has 0 unspecified atom stereocenters. The first-order valence-electron chi connectivity index (χ1n) is 6.32. The second-order valence-electron chi connectivity index (χ2n) is 4.12. The first-order valence-corrected chi connectivity index (χ1v) is 6.32. The number of amides is 1. The lowest BCUT2D eigenvalue weighted by Crippen LogP contribution is -2.36. The first kappa shape index (κ1) is 13.4. The summed E-state index contributed by atoms with van der Waals surface area (Å²) in [6, 6.07) is 0. The minimum Gasteiger partial charge on any atom is -0.461 e. The molecule has 7 heteroatoms. The number of H-pyrrole nitrogens is 1. The van der Waals surface area contributed by atoms with Crippen molar-refractivity contribution in [1.29, 1.82) is 0 Å². The van der Waals surface area contributed by atoms with Gasteiger partial charge in [0.2, 0.25) is 0 Å². The van der Waals surface area contributed by atoms with Crippen molar-refractivity contribution in [3.8, 4) is 0 Å². The highest BCUT2D eigenvalue weighted by atomic mass is 16.6. The molecule has 0 aliphatic carbocycles. The van der Waals surface area contributed by atoms with Crippen LogP contribution in [0.4, 0.5) is 4.79 Å². The van der Waals surface area contributed by atoms with Gasteiger partial charge in [-0.1, -0.05) is 0 Å². The molecule has 0 aromatic carbocycles. The molecule has 0 atom stereocenters. The number of nitrogens with one attached hydrogen (secondary N) is 1. The second kappa shape index (κ2) is 5.73. The van der Waals surface area contributed by atoms with Crippen molar-refractivity contribution in [2.75, 3.05) is 19.8 Å². The van der Waals surface area contributed by atoms with E-state index in [4.69, 9.17) is 9.47 Å². The van der Waals surface area contributed by atoms with E-state index in [9.17, 15) is 9.59 Å². The maximum atomic E-state index is 11.7. The first-order chi connectivity index (χ1) is 9.17. The van der Waals surface area contributed by atoms with Gasteiger partial charge >= 0.3 is 12.1 Å². The Morgan fingerprint density at radius 3 is 2.74 bits per heavy atom. The van der Waals surface area contributed by atoms with E-state index in [1.807, 2.05) is 0 Å². The third-order valence-corrected chi connectivity index (χ3v) is 2.93. The van der Waals surface area contributed by atoms with Gasteiger partial charge in [-0.05, 0) is 13.8 Å². The fourth-order valence-electron chi connectivity index (χ4n) is 2.03. The molecule has 0 fully saturated rings. The van der Waals surface area contributed by atoms with Gasteiger partial charge in [-0.25, -0.2) is 9.59 Å². The summed E-state index contributed by atoms with van der Waals surface area (Å²) in [5.41, 5.74) is 1.85. The van der Waals surface area contributed by atoms with E-state index in [1.165, 1.54) is 0 Å². The van der Waals surface area contributed by atoms with Crippen molar-refractivity contribution < 1.29 is 19.1 Å². The second-order valence-corrected chi connectivity index (χ2v) is 4.12. The topological polar surface area (TPSA) is 84.5 Å². The SMILES string of the molecule is CCOC(=O)c1n[nH]c2c1CN(C(=O)OCC)CC2. The number of ether oxygens (including phenoxy) is 2. The van der Waals surface area contributed by atoms with Gasteiger partial charge in [0.15, 0.2) is 5.69 Å². The number of aromatic nitrogens is 2. The van der Waals surface area contributed by atoms with Gasteiger partial charge in [0.05, 0.1) is 19.8 Å². The Labute approximate surface area is 110 Å². The highest BCUT2D eigenvalue weighted by Crippen LogP contribution is 2.21. The molecule has 7 nitrogen and oxygen atoms in total. The highest BCUT2D eigenvalue weighted by molar-refractivity contribution is 5.89. The van der Waals surface area contributed by atoms with Gasteiger partial charge < -0.3 is 14.4 Å². The maximum Gasteiger partial charge on any atom is 0.410 e. The summed E-state index contributed by atoms with van der Waals surface area (Å²) in [6.45, 7) is 4.99. The van der Waals surface area contributed by atoms with E-state index in [1.54, 1.807) is 18.7 Å². The van der Waals surface area contributed by atoms with Crippen LogP contribution in [0.5, 0.6) is 0 Å². The van der Waals surface area contributed by atoms with Gasteiger partial charge in [-0.2, -0.15) is 5.10 Å². The zero-order chi connectivity index (χ0) is 13.8. The quantitative estimate of drug-likeness (QED) is 0.829. The van der Waals surface area contributed by atoms with Crippen molar-refractivity contribution in [2.45, 2.75) is 26.8 Å². The molecular weight excluding hydrogens is 250 g/mol. The summed E-state index contributed by atoms with van der Waals surface area (Å²) < 4.78 is 9.90. The minimum atomic E-state index is -0.467. The molecule has 1 aromatic heterocycles. The molecule has 2 heterocycles. The molecule has 0 saturated heterocycles. The van der Waals surface area contributed by atoms with E-state index in [-0.39, 0.29) is 11.8 Å². The molecule has 1 aliphatic heterocycles. The zero-order valence-corrected chi connectivity index (χ0v) is 11.1. The Bertz CT molecular complexity index is 483. The molecule has 19 heavy (non-hydrogen) atoms. The predicted molar refractivity (Wildman–Crippen MR) is 65.7 cm³/mol. The average Bonchev–Trinajstić information content (AvgIpc) is 2.82. The fourth-order valence-corrected chi connectivity index (χ4v) is 2.03. The van der Waals surface area contributed by atoms with Crippen molar-refractivity contribution in [3.63, 3.8) is 0 Å². The van der Waals surface area contributed by atoms with Crippen molar-refractivity contribution in [1.82, 2.24) is 15.1 Å². The van der Waals surface area contributed by atoms with Crippen LogP contribution in [-0.4, -0.2) is 46.9 Å². The van der Waals surface area contributed by atoms with Gasteiger partial charge in [-0.3, -0.25) is 5.10 Å². The largest absolute Gasteiger partial charge is 0.461 e. The van der Waals surface area contributed by atoms with Crippen molar-refractivity contribution in [3.05, 3.63) is 17.0 Å². The monoisotopic (exact) mass is 267 g/mol. The van der Waals surface area contributed by atoms with Gasteiger partial charge in [0.1, 0.15) is 0 Å². The smallest absolute Gasteiger partial charge is 0.410 e. The zero-order valence-electron chi connectivity index (χ0n) is 11.1. The Morgan fingerprint density at radius 1 is 1.32 bits per heavy atom. The summed E-state index contributed by atoms with van der Waals surface area (Å²) in [7, 11) is 0. The number of hydrogen-bond donors (Lipinski definition) is 1. The minimum absolute atomic E-state index is 0.255. The van der Waals surface area contributed by atoms with Crippen LogP contribution in [0, 0.1) is 0 Å². The standard InChI is InChI=1S/C12H17N3O4/c1-3-18-11(16)10-8-7-15(12(17)19-4-2)6-5-9(8)13-14-10/h3-7H2,1-2H3,(H,13,14). The summed E-state index contributed by atoms with van der Waals surface area (Å²) in [5.74, 6) is -0.467. The number of carbonyl (C=O) groups is 2. The van der Waals surface area contributed by atoms with Crippen LogP contribution in [0.15, 0.2) is 0 Å². The molecule has 2 rings (SSSR count). The molecule has 1 N–H and O–H groups in total. The molecule has 104 valence electrons. The lowest BCUT2D eigenvalue weighted by molar-refractivity contribution is 0.0515. The van der Waals surface area contributed by atoms with Gasteiger partial charge in [-0.15, -0.1) is 0 Å². The van der Waals surface area contributed by atoms with Crippen molar-refractivity contribution in [2.24, 2.45) is 0 Å². The lowest BCUT2D eigenvalue weighted by atomic mass is 10.1. The number of aromatic amines is 1. The summed E-state index contributed by atoms with van der Waals surface area (Å²) in [6.07, 6.45) is 0.254. The number of nitrogens with zero attached hydrogens (tertiary/aromatic N) is 2. The number of hydrogen-bond acceptors (Lipinski definition) is 5. The van der Waals surface area contributed by atoms with Crippen LogP contribution in [-0.2, 0) is 22.4 Å². The molecule has 0 spiro atoms. The van der Waals surface area contributed by atoms with E-state index < -0.39 is 5.97 Å². The number of fused-ring (bicyclic) bond motifs is 1. The highest BCUT2D eigenvalue weighted by Gasteiger charge is 2.28.